The molecule has 0 heterocycles. The molecule has 0 aliphatic carbocycles. The summed E-state index contributed by atoms with van der Waals surface area (Å²) in [6.45, 7) is 2.03. The van der Waals surface area contributed by atoms with E-state index in [-0.39, 0.29) is 11.3 Å². The monoisotopic (exact) mass is 258 g/mol. The van der Waals surface area contributed by atoms with E-state index in [0.29, 0.717) is 11.9 Å². The largest absolute Gasteiger partial charge is 0.507 e. The van der Waals surface area contributed by atoms with Crippen LogP contribution in [-0.4, -0.2) is 17.7 Å². The van der Waals surface area contributed by atoms with E-state index in [4.69, 9.17) is 4.74 Å². The molecule has 0 atom stereocenters. The molecule has 0 spiro atoms. The maximum Gasteiger partial charge on any atom is 0.341 e. The van der Waals surface area contributed by atoms with E-state index in [0.717, 1.165) is 5.56 Å². The highest BCUT2D eigenvalue weighted by Gasteiger charge is 2.11. The van der Waals surface area contributed by atoms with Gasteiger partial charge in [-0.15, -0.1) is 0 Å². The summed E-state index contributed by atoms with van der Waals surface area (Å²) in [6.07, 6.45) is 0. The maximum absolute atomic E-state index is 11.3. The first kappa shape index (κ1) is 11.0. The number of ether oxygens (including phenoxy) is 1. The summed E-state index contributed by atoms with van der Waals surface area (Å²) in [5.41, 5.74) is 1.12. The third-order valence-electron chi connectivity index (χ3n) is 1.71. The SMILES string of the molecule is CCOC(=O)c1ccc(CBr)cc1O. The van der Waals surface area contributed by atoms with Crippen molar-refractivity contribution in [2.75, 3.05) is 6.61 Å². The molecule has 0 aliphatic rings. The van der Waals surface area contributed by atoms with Gasteiger partial charge in [0, 0.05) is 5.33 Å². The van der Waals surface area contributed by atoms with Gasteiger partial charge in [-0.2, -0.15) is 0 Å². The number of rotatable bonds is 3. The summed E-state index contributed by atoms with van der Waals surface area (Å²) in [4.78, 5) is 11.3. The number of hydrogen-bond acceptors (Lipinski definition) is 3. The van der Waals surface area contributed by atoms with Gasteiger partial charge in [-0.25, -0.2) is 4.79 Å². The van der Waals surface area contributed by atoms with Crippen LogP contribution in [0.15, 0.2) is 18.2 Å². The van der Waals surface area contributed by atoms with Gasteiger partial charge in [-0.3, -0.25) is 0 Å². The highest BCUT2D eigenvalue weighted by atomic mass is 79.9. The molecule has 0 aliphatic heterocycles. The second-order valence-corrected chi connectivity index (χ2v) is 3.27. The van der Waals surface area contributed by atoms with E-state index in [2.05, 4.69) is 15.9 Å². The molecule has 0 aromatic heterocycles. The van der Waals surface area contributed by atoms with Crippen LogP contribution in [-0.2, 0) is 10.1 Å². The minimum absolute atomic E-state index is 0.0413. The third kappa shape index (κ3) is 2.48. The van der Waals surface area contributed by atoms with Crippen molar-refractivity contribution in [3.05, 3.63) is 29.3 Å². The summed E-state index contributed by atoms with van der Waals surface area (Å²) in [7, 11) is 0. The summed E-state index contributed by atoms with van der Waals surface area (Å²) in [5.74, 6) is -0.536. The van der Waals surface area contributed by atoms with Gasteiger partial charge in [0.15, 0.2) is 0 Å². The number of phenols is 1. The summed E-state index contributed by atoms with van der Waals surface area (Å²) in [6, 6.07) is 4.87. The van der Waals surface area contributed by atoms with Gasteiger partial charge in [-0.05, 0) is 24.6 Å². The smallest absolute Gasteiger partial charge is 0.341 e. The Balaban J connectivity index is 2.94. The molecular weight excluding hydrogens is 248 g/mol. The Morgan fingerprint density at radius 1 is 1.57 bits per heavy atom. The quantitative estimate of drug-likeness (QED) is 0.670. The predicted molar refractivity (Wildman–Crippen MR) is 56.7 cm³/mol. The topological polar surface area (TPSA) is 46.5 Å². The number of carbonyl (C=O) groups excluding carboxylic acids is 1. The average molecular weight is 259 g/mol. The summed E-state index contributed by atoms with van der Waals surface area (Å²) < 4.78 is 4.77. The van der Waals surface area contributed by atoms with Crippen molar-refractivity contribution in [3.63, 3.8) is 0 Å². The first-order valence-electron chi connectivity index (χ1n) is 4.24. The van der Waals surface area contributed by atoms with Crippen LogP contribution in [0.4, 0.5) is 0 Å². The second kappa shape index (κ2) is 5.00. The van der Waals surface area contributed by atoms with Gasteiger partial charge in [0.1, 0.15) is 11.3 Å². The van der Waals surface area contributed by atoms with Crippen molar-refractivity contribution >= 4 is 21.9 Å². The van der Waals surface area contributed by atoms with Crippen LogP contribution in [0.2, 0.25) is 0 Å². The van der Waals surface area contributed by atoms with Gasteiger partial charge in [0.25, 0.3) is 0 Å². The van der Waals surface area contributed by atoms with Crippen molar-refractivity contribution in [2.24, 2.45) is 0 Å². The number of carbonyl (C=O) groups is 1. The van der Waals surface area contributed by atoms with Gasteiger partial charge >= 0.3 is 5.97 Å². The number of alkyl halides is 1. The normalized spacial score (nSPS) is 9.86. The lowest BCUT2D eigenvalue weighted by atomic mass is 10.1. The minimum atomic E-state index is -0.494. The fraction of sp³-hybridized carbons (Fsp3) is 0.300. The molecule has 1 N–H and O–H groups in total. The Bertz CT molecular complexity index is 336. The zero-order chi connectivity index (χ0) is 10.6. The first-order valence-corrected chi connectivity index (χ1v) is 5.36. The van der Waals surface area contributed by atoms with Gasteiger partial charge in [-0.1, -0.05) is 22.0 Å². The number of halogens is 1. The molecule has 0 bridgehead atoms. The van der Waals surface area contributed by atoms with E-state index in [1.807, 2.05) is 0 Å². The van der Waals surface area contributed by atoms with E-state index < -0.39 is 5.97 Å². The first-order chi connectivity index (χ1) is 6.69. The average Bonchev–Trinajstić information content (AvgIpc) is 2.17. The fourth-order valence-corrected chi connectivity index (χ4v) is 1.39. The molecule has 1 aromatic rings. The molecule has 1 aromatic carbocycles. The lowest BCUT2D eigenvalue weighted by Gasteiger charge is -2.05. The molecular formula is C10H11BrO3. The molecule has 0 saturated carbocycles. The van der Waals surface area contributed by atoms with Crippen LogP contribution in [0, 0.1) is 0 Å². The Labute approximate surface area is 90.8 Å². The standard InChI is InChI=1S/C10H11BrO3/c1-2-14-10(13)8-4-3-7(6-11)5-9(8)12/h3-5,12H,2,6H2,1H3. The second-order valence-electron chi connectivity index (χ2n) is 2.71. The van der Waals surface area contributed by atoms with Crippen molar-refractivity contribution < 1.29 is 14.6 Å². The lowest BCUT2D eigenvalue weighted by molar-refractivity contribution is 0.0523. The Kier molecular flexibility index (Phi) is 3.95. The molecule has 4 heteroatoms. The zero-order valence-corrected chi connectivity index (χ0v) is 9.37. The molecule has 0 amide bonds. The number of benzene rings is 1. The maximum atomic E-state index is 11.3. The van der Waals surface area contributed by atoms with Crippen LogP contribution >= 0.6 is 15.9 Å². The number of phenolic OH excluding ortho intramolecular Hbond substituents is 1. The number of aromatic hydroxyl groups is 1. The van der Waals surface area contributed by atoms with Crippen molar-refractivity contribution in [1.29, 1.82) is 0 Å². The molecule has 14 heavy (non-hydrogen) atoms. The van der Waals surface area contributed by atoms with Gasteiger partial charge < -0.3 is 9.84 Å². The van der Waals surface area contributed by atoms with Gasteiger partial charge in [0.2, 0.25) is 0 Å². The van der Waals surface area contributed by atoms with Crippen molar-refractivity contribution in [2.45, 2.75) is 12.3 Å². The van der Waals surface area contributed by atoms with E-state index >= 15 is 0 Å². The molecule has 0 unspecified atom stereocenters. The highest BCUT2D eigenvalue weighted by molar-refractivity contribution is 9.08. The Morgan fingerprint density at radius 2 is 2.29 bits per heavy atom. The zero-order valence-electron chi connectivity index (χ0n) is 7.79. The Morgan fingerprint density at radius 3 is 2.79 bits per heavy atom. The molecule has 1 rings (SSSR count). The van der Waals surface area contributed by atoms with Crippen molar-refractivity contribution in [1.82, 2.24) is 0 Å². The Hall–Kier alpha value is -1.03. The summed E-state index contributed by atoms with van der Waals surface area (Å²) >= 11 is 3.26. The van der Waals surface area contributed by atoms with Crippen LogP contribution in [0.5, 0.6) is 5.75 Å². The molecule has 0 saturated heterocycles. The van der Waals surface area contributed by atoms with Crippen LogP contribution in [0.25, 0.3) is 0 Å². The molecule has 0 fully saturated rings. The van der Waals surface area contributed by atoms with E-state index in [9.17, 15) is 9.90 Å². The minimum Gasteiger partial charge on any atom is -0.507 e. The van der Waals surface area contributed by atoms with E-state index in [1.165, 1.54) is 0 Å². The fourth-order valence-electron chi connectivity index (χ4n) is 1.04. The van der Waals surface area contributed by atoms with E-state index in [1.54, 1.807) is 25.1 Å². The number of esters is 1. The molecule has 76 valence electrons. The predicted octanol–water partition coefficient (Wildman–Crippen LogP) is 2.46. The molecule has 0 radical (unpaired) electrons. The van der Waals surface area contributed by atoms with Crippen molar-refractivity contribution in [3.8, 4) is 5.75 Å². The van der Waals surface area contributed by atoms with Crippen LogP contribution < -0.4 is 0 Å². The highest BCUT2D eigenvalue weighted by Crippen LogP contribution is 2.20. The van der Waals surface area contributed by atoms with Crippen LogP contribution in [0.3, 0.4) is 0 Å². The van der Waals surface area contributed by atoms with Gasteiger partial charge in [0.05, 0.1) is 6.61 Å². The number of hydrogen-bond donors (Lipinski definition) is 1. The molecule has 3 nitrogen and oxygen atoms in total. The lowest BCUT2D eigenvalue weighted by Crippen LogP contribution is -2.04. The third-order valence-corrected chi connectivity index (χ3v) is 2.36. The van der Waals surface area contributed by atoms with Crippen LogP contribution in [0.1, 0.15) is 22.8 Å². The summed E-state index contributed by atoms with van der Waals surface area (Å²) in [5, 5.41) is 10.1.